The molecule has 0 radical (unpaired) electrons. The van der Waals surface area contributed by atoms with Gasteiger partial charge in [0.05, 0.1) is 11.6 Å². The summed E-state index contributed by atoms with van der Waals surface area (Å²) in [5, 5.41) is 11.4. The molecule has 0 aromatic carbocycles. The van der Waals surface area contributed by atoms with Crippen LogP contribution in [0.4, 0.5) is 8.78 Å². The number of nitrogens with one attached hydrogen (secondary N) is 1. The highest BCUT2D eigenvalue weighted by molar-refractivity contribution is 9.10. The van der Waals surface area contributed by atoms with Gasteiger partial charge in [0.15, 0.2) is 17.2 Å². The van der Waals surface area contributed by atoms with E-state index in [1.165, 1.54) is 6.20 Å². The Hall–Kier alpha value is -2.35. The van der Waals surface area contributed by atoms with Crippen molar-refractivity contribution in [1.82, 2.24) is 20.3 Å². The zero-order chi connectivity index (χ0) is 16.0. The van der Waals surface area contributed by atoms with Crippen LogP contribution in [0.25, 0.3) is 22.5 Å². The predicted molar refractivity (Wildman–Crippen MR) is 82.8 cm³/mol. The van der Waals surface area contributed by atoms with Gasteiger partial charge in [0, 0.05) is 22.2 Å². The molecule has 23 heavy (non-hydrogen) atoms. The number of hydrogen-bond acceptors (Lipinski definition) is 4. The van der Waals surface area contributed by atoms with Crippen LogP contribution in [0.1, 0.15) is 17.9 Å². The van der Waals surface area contributed by atoms with Gasteiger partial charge in [-0.25, -0.2) is 13.8 Å². The summed E-state index contributed by atoms with van der Waals surface area (Å²) in [5.41, 5.74) is 1.48. The summed E-state index contributed by atoms with van der Waals surface area (Å²) in [7, 11) is 0. The van der Waals surface area contributed by atoms with Crippen LogP contribution < -0.4 is 0 Å². The van der Waals surface area contributed by atoms with Gasteiger partial charge in [-0.2, -0.15) is 5.10 Å². The standard InChI is InChI=1S/C15H9BrF2N4O/c16-7-4-9-13(21-22-15(9)19-5-7)14-10(6-20-23-14)8-2-1-3-11(17)12(8)18/h1,3-6,8H,2H2,(H,19,21,22). The largest absolute Gasteiger partial charge is 0.354 e. The lowest BCUT2D eigenvalue weighted by molar-refractivity contribution is 0.428. The number of nitrogens with zero attached hydrogens (tertiary/aromatic N) is 3. The van der Waals surface area contributed by atoms with Crippen molar-refractivity contribution in [3.05, 3.63) is 52.3 Å². The highest BCUT2D eigenvalue weighted by Crippen LogP contribution is 2.41. The Labute approximate surface area is 137 Å². The van der Waals surface area contributed by atoms with Gasteiger partial charge in [0.25, 0.3) is 0 Å². The summed E-state index contributed by atoms with van der Waals surface area (Å²) < 4.78 is 33.7. The minimum absolute atomic E-state index is 0.305. The Morgan fingerprint density at radius 3 is 3.04 bits per heavy atom. The number of hydrogen-bond donors (Lipinski definition) is 1. The molecular weight excluding hydrogens is 370 g/mol. The van der Waals surface area contributed by atoms with Gasteiger partial charge in [-0.15, -0.1) is 0 Å². The second-order valence-corrected chi connectivity index (χ2v) is 6.03. The zero-order valence-electron chi connectivity index (χ0n) is 11.6. The van der Waals surface area contributed by atoms with Gasteiger partial charge in [-0.05, 0) is 34.5 Å². The summed E-state index contributed by atoms with van der Waals surface area (Å²) in [6.45, 7) is 0. The Morgan fingerprint density at radius 1 is 1.30 bits per heavy atom. The average molecular weight is 379 g/mol. The summed E-state index contributed by atoms with van der Waals surface area (Å²) in [5.74, 6) is -2.16. The van der Waals surface area contributed by atoms with Gasteiger partial charge in [-0.1, -0.05) is 11.2 Å². The molecule has 116 valence electrons. The smallest absolute Gasteiger partial charge is 0.191 e. The van der Waals surface area contributed by atoms with E-state index in [1.54, 1.807) is 12.3 Å². The van der Waals surface area contributed by atoms with E-state index in [0.717, 1.165) is 10.5 Å². The Kier molecular flexibility index (Phi) is 3.33. The first kappa shape index (κ1) is 14.3. The fourth-order valence-corrected chi connectivity index (χ4v) is 2.98. The maximum Gasteiger partial charge on any atom is 0.191 e. The number of rotatable bonds is 2. The summed E-state index contributed by atoms with van der Waals surface area (Å²) in [6.07, 6.45) is 6.08. The molecule has 0 fully saturated rings. The number of halogens is 3. The molecule has 0 bridgehead atoms. The van der Waals surface area contributed by atoms with E-state index >= 15 is 0 Å². The third kappa shape index (κ3) is 2.29. The SMILES string of the molecule is FC1=C(F)C(c2cnoc2-c2n[nH]c3ncc(Br)cc23)CC=C1. The van der Waals surface area contributed by atoms with Crippen molar-refractivity contribution < 1.29 is 13.3 Å². The van der Waals surface area contributed by atoms with Crippen molar-refractivity contribution in [3.63, 3.8) is 0 Å². The van der Waals surface area contributed by atoms with Crippen molar-refractivity contribution in [3.8, 4) is 11.5 Å². The van der Waals surface area contributed by atoms with Crippen molar-refractivity contribution in [1.29, 1.82) is 0 Å². The van der Waals surface area contributed by atoms with Gasteiger partial charge < -0.3 is 4.52 Å². The molecule has 1 aliphatic carbocycles. The Balaban J connectivity index is 1.87. The molecule has 0 amide bonds. The minimum Gasteiger partial charge on any atom is -0.354 e. The van der Waals surface area contributed by atoms with Crippen LogP contribution >= 0.6 is 15.9 Å². The normalized spacial score (nSPS) is 18.1. The molecule has 0 saturated heterocycles. The molecule has 3 heterocycles. The predicted octanol–water partition coefficient (Wildman–Crippen LogP) is 4.57. The lowest BCUT2D eigenvalue weighted by atomic mass is 9.90. The molecule has 3 aromatic rings. The molecule has 1 N–H and O–H groups in total. The van der Waals surface area contributed by atoms with Gasteiger partial charge in [0.1, 0.15) is 11.5 Å². The molecule has 0 spiro atoms. The second-order valence-electron chi connectivity index (χ2n) is 5.12. The lowest BCUT2D eigenvalue weighted by Crippen LogP contribution is -2.03. The molecule has 8 heteroatoms. The topological polar surface area (TPSA) is 67.6 Å². The van der Waals surface area contributed by atoms with E-state index in [-0.39, 0.29) is 0 Å². The summed E-state index contributed by atoms with van der Waals surface area (Å²) in [4.78, 5) is 4.20. The molecule has 1 atom stereocenters. The number of aromatic nitrogens is 4. The van der Waals surface area contributed by atoms with Gasteiger partial charge >= 0.3 is 0 Å². The molecule has 0 aliphatic heterocycles. The first-order chi connectivity index (χ1) is 11.1. The van der Waals surface area contributed by atoms with E-state index in [2.05, 4.69) is 36.3 Å². The van der Waals surface area contributed by atoms with Crippen LogP contribution in [0.2, 0.25) is 0 Å². The van der Waals surface area contributed by atoms with Crippen molar-refractivity contribution in [2.75, 3.05) is 0 Å². The maximum atomic E-state index is 14.1. The van der Waals surface area contributed by atoms with Gasteiger partial charge in [-0.3, -0.25) is 5.10 Å². The summed E-state index contributed by atoms with van der Waals surface area (Å²) >= 11 is 3.35. The fraction of sp³-hybridized carbons (Fsp3) is 0.133. The number of H-pyrrole nitrogens is 1. The van der Waals surface area contributed by atoms with Crippen molar-refractivity contribution in [2.45, 2.75) is 12.3 Å². The third-order valence-electron chi connectivity index (χ3n) is 3.74. The van der Waals surface area contributed by atoms with E-state index in [0.29, 0.717) is 34.5 Å². The Morgan fingerprint density at radius 2 is 2.17 bits per heavy atom. The molecule has 0 saturated carbocycles. The van der Waals surface area contributed by atoms with Crippen LogP contribution in [0.15, 0.2) is 51.3 Å². The molecule has 1 unspecified atom stereocenters. The minimum atomic E-state index is -0.871. The zero-order valence-corrected chi connectivity index (χ0v) is 13.1. The van der Waals surface area contributed by atoms with Crippen molar-refractivity contribution >= 4 is 27.0 Å². The van der Waals surface area contributed by atoms with Crippen LogP contribution in [0.3, 0.4) is 0 Å². The highest BCUT2D eigenvalue weighted by Gasteiger charge is 2.29. The van der Waals surface area contributed by atoms with E-state index in [9.17, 15) is 8.78 Å². The first-order valence-electron chi connectivity index (χ1n) is 6.81. The van der Waals surface area contributed by atoms with Crippen LogP contribution in [-0.4, -0.2) is 20.3 Å². The van der Waals surface area contributed by atoms with E-state index in [1.807, 2.05) is 6.07 Å². The molecule has 5 nitrogen and oxygen atoms in total. The number of allylic oxidation sites excluding steroid dienone is 4. The number of fused-ring (bicyclic) bond motifs is 1. The highest BCUT2D eigenvalue weighted by atomic mass is 79.9. The number of pyridine rings is 1. The quantitative estimate of drug-likeness (QED) is 0.709. The van der Waals surface area contributed by atoms with Crippen LogP contribution in [0, 0.1) is 0 Å². The third-order valence-corrected chi connectivity index (χ3v) is 4.18. The maximum absolute atomic E-state index is 14.1. The van der Waals surface area contributed by atoms with Crippen LogP contribution in [-0.2, 0) is 0 Å². The Bertz CT molecular complexity index is 959. The second kappa shape index (κ2) is 5.38. The first-order valence-corrected chi connectivity index (χ1v) is 7.60. The molecule has 1 aliphatic rings. The van der Waals surface area contributed by atoms with Crippen LogP contribution in [0.5, 0.6) is 0 Å². The lowest BCUT2D eigenvalue weighted by Gasteiger charge is -2.15. The van der Waals surface area contributed by atoms with Crippen molar-refractivity contribution in [2.24, 2.45) is 0 Å². The van der Waals surface area contributed by atoms with E-state index < -0.39 is 17.6 Å². The average Bonchev–Trinajstić information content (AvgIpc) is 3.15. The number of aromatic amines is 1. The van der Waals surface area contributed by atoms with Gasteiger partial charge in [0.2, 0.25) is 0 Å². The summed E-state index contributed by atoms with van der Waals surface area (Å²) in [6, 6.07) is 1.82. The molecular formula is C15H9BrF2N4O. The fourth-order valence-electron chi connectivity index (χ4n) is 2.65. The molecule has 3 aromatic heterocycles. The molecule has 4 rings (SSSR count). The van der Waals surface area contributed by atoms with E-state index in [4.69, 9.17) is 4.52 Å². The monoisotopic (exact) mass is 378 g/mol.